The van der Waals surface area contributed by atoms with Crippen LogP contribution < -0.4 is 0 Å². The summed E-state index contributed by atoms with van der Waals surface area (Å²) in [6.07, 6.45) is -0.0938. The molecule has 0 N–H and O–H groups in total. The number of hydrogen-bond acceptors (Lipinski definition) is 6. The first-order valence-corrected chi connectivity index (χ1v) is 6.34. The number of rotatable bonds is 4. The third-order valence-corrected chi connectivity index (χ3v) is 3.89. The van der Waals surface area contributed by atoms with Gasteiger partial charge in [-0.05, 0) is 6.92 Å². The molecule has 1 aliphatic heterocycles. The van der Waals surface area contributed by atoms with E-state index in [0.717, 1.165) is 6.92 Å². The van der Waals surface area contributed by atoms with Crippen LogP contribution in [0.1, 0.15) is 19.8 Å². The average molecular weight is 261 g/mol. The second-order valence-corrected chi connectivity index (χ2v) is 5.61. The Kier molecular flexibility index (Phi) is 3.66. The highest BCUT2D eigenvalue weighted by molar-refractivity contribution is 7.95. The summed E-state index contributed by atoms with van der Waals surface area (Å²) >= 11 is 0. The van der Waals surface area contributed by atoms with Crippen molar-refractivity contribution in [3.8, 4) is 0 Å². The van der Waals surface area contributed by atoms with E-state index in [4.69, 9.17) is 0 Å². The molecule has 0 saturated carbocycles. The Balaban J connectivity index is 2.77. The van der Waals surface area contributed by atoms with Crippen LogP contribution in [0.2, 0.25) is 0 Å². The molecule has 1 fully saturated rings. The van der Waals surface area contributed by atoms with Gasteiger partial charge in [0, 0.05) is 18.2 Å². The lowest BCUT2D eigenvalue weighted by molar-refractivity contribution is -0.196. The van der Waals surface area contributed by atoms with Gasteiger partial charge in [0.05, 0.1) is 0 Å². The third kappa shape index (κ3) is 2.70. The minimum atomic E-state index is -3.83. The Morgan fingerprint density at radius 1 is 1.41 bits per heavy atom. The van der Waals surface area contributed by atoms with Gasteiger partial charge in [0.25, 0.3) is 11.8 Å². The lowest BCUT2D eigenvalue weighted by Crippen LogP contribution is -2.37. The first-order valence-electron chi connectivity index (χ1n) is 4.73. The number of carbonyl (C=O) groups is 3. The number of nitrogens with zero attached hydrogens (tertiary/aromatic N) is 1. The highest BCUT2D eigenvalue weighted by Gasteiger charge is 2.36. The summed E-state index contributed by atoms with van der Waals surface area (Å²) in [7, 11) is -3.83. The Labute approximate surface area is 97.9 Å². The molecular formula is C9H11NO6S. The summed E-state index contributed by atoms with van der Waals surface area (Å²) in [5.41, 5.74) is 0. The smallest absolute Gasteiger partial charge is 0.329 e. The Bertz CT molecular complexity index is 464. The fourth-order valence-electron chi connectivity index (χ4n) is 1.10. The molecule has 0 spiro atoms. The molecule has 0 aliphatic carbocycles. The minimum absolute atomic E-state index is 0.0469. The second kappa shape index (κ2) is 4.66. The molecule has 94 valence electrons. The van der Waals surface area contributed by atoms with Crippen LogP contribution in [0.3, 0.4) is 0 Å². The van der Waals surface area contributed by atoms with Gasteiger partial charge in [-0.15, -0.1) is 5.06 Å². The number of imide groups is 1. The molecule has 1 heterocycles. The molecule has 1 rings (SSSR count). The van der Waals surface area contributed by atoms with Crippen molar-refractivity contribution in [2.45, 2.75) is 25.0 Å². The van der Waals surface area contributed by atoms with Crippen molar-refractivity contribution in [1.82, 2.24) is 5.06 Å². The van der Waals surface area contributed by atoms with E-state index >= 15 is 0 Å². The van der Waals surface area contributed by atoms with Gasteiger partial charge < -0.3 is 4.84 Å². The van der Waals surface area contributed by atoms with Crippen LogP contribution in [0.4, 0.5) is 0 Å². The molecule has 0 aromatic carbocycles. The Hall–Kier alpha value is -1.70. The van der Waals surface area contributed by atoms with Crippen LogP contribution in [-0.2, 0) is 29.1 Å². The highest BCUT2D eigenvalue weighted by atomic mass is 32.2. The van der Waals surface area contributed by atoms with Crippen LogP contribution in [0.5, 0.6) is 0 Å². The standard InChI is InChI=1S/C9H11NO6S/c1-3-17(14,15)6(2)9(13)16-10-7(11)4-5-8(10)12/h3,6H,1,4-5H2,2H3. The summed E-state index contributed by atoms with van der Waals surface area (Å²) in [6, 6.07) is 0. The number of amides is 2. The van der Waals surface area contributed by atoms with E-state index in [0.29, 0.717) is 10.5 Å². The summed E-state index contributed by atoms with van der Waals surface area (Å²) in [6.45, 7) is 4.14. The van der Waals surface area contributed by atoms with Crippen molar-refractivity contribution in [3.63, 3.8) is 0 Å². The lowest BCUT2D eigenvalue weighted by Gasteiger charge is -2.15. The SMILES string of the molecule is C=CS(=O)(=O)C(C)C(=O)ON1C(=O)CCC1=O. The van der Waals surface area contributed by atoms with Gasteiger partial charge >= 0.3 is 5.97 Å². The van der Waals surface area contributed by atoms with Crippen molar-refractivity contribution in [3.05, 3.63) is 12.0 Å². The number of sulfone groups is 1. The molecule has 0 aromatic rings. The topological polar surface area (TPSA) is 97.8 Å². The summed E-state index contributed by atoms with van der Waals surface area (Å²) in [5.74, 6) is -2.51. The maximum Gasteiger partial charge on any atom is 0.351 e. The van der Waals surface area contributed by atoms with Gasteiger partial charge in [-0.25, -0.2) is 13.2 Å². The van der Waals surface area contributed by atoms with Crippen molar-refractivity contribution < 1.29 is 27.6 Å². The molecule has 0 radical (unpaired) electrons. The van der Waals surface area contributed by atoms with Gasteiger partial charge in [-0.2, -0.15) is 0 Å². The van der Waals surface area contributed by atoms with E-state index in [9.17, 15) is 22.8 Å². The Morgan fingerprint density at radius 2 is 1.88 bits per heavy atom. The van der Waals surface area contributed by atoms with E-state index in [-0.39, 0.29) is 12.8 Å². The fraction of sp³-hybridized carbons (Fsp3) is 0.444. The van der Waals surface area contributed by atoms with Crippen molar-refractivity contribution in [2.75, 3.05) is 0 Å². The Morgan fingerprint density at radius 3 is 2.29 bits per heavy atom. The predicted molar refractivity (Wildman–Crippen MR) is 55.8 cm³/mol. The van der Waals surface area contributed by atoms with E-state index < -0.39 is 32.9 Å². The number of hydrogen-bond donors (Lipinski definition) is 0. The minimum Gasteiger partial charge on any atom is -0.329 e. The van der Waals surface area contributed by atoms with Crippen LogP contribution in [0, 0.1) is 0 Å². The molecule has 0 aromatic heterocycles. The predicted octanol–water partition coefficient (Wildman–Crippen LogP) is -0.460. The molecule has 0 bridgehead atoms. The molecule has 1 saturated heterocycles. The lowest BCUT2D eigenvalue weighted by atomic mass is 10.4. The zero-order valence-electron chi connectivity index (χ0n) is 9.08. The molecule has 7 nitrogen and oxygen atoms in total. The fourth-order valence-corrected chi connectivity index (χ4v) is 1.70. The molecule has 1 atom stereocenters. The van der Waals surface area contributed by atoms with Gasteiger partial charge in [0.15, 0.2) is 15.1 Å². The molecule has 17 heavy (non-hydrogen) atoms. The van der Waals surface area contributed by atoms with Gasteiger partial charge in [-0.1, -0.05) is 6.58 Å². The largest absolute Gasteiger partial charge is 0.351 e. The van der Waals surface area contributed by atoms with Crippen molar-refractivity contribution in [1.29, 1.82) is 0 Å². The van der Waals surface area contributed by atoms with Gasteiger partial charge in [-0.3, -0.25) is 9.59 Å². The normalized spacial score (nSPS) is 18.1. The number of hydroxylamine groups is 2. The maximum atomic E-state index is 11.4. The van der Waals surface area contributed by atoms with Gasteiger partial charge in [0.2, 0.25) is 0 Å². The van der Waals surface area contributed by atoms with Crippen molar-refractivity contribution >= 4 is 27.6 Å². The highest BCUT2D eigenvalue weighted by Crippen LogP contribution is 2.14. The number of carbonyl (C=O) groups excluding carboxylic acids is 3. The molecule has 1 unspecified atom stereocenters. The van der Waals surface area contributed by atoms with E-state index in [1.165, 1.54) is 0 Å². The zero-order chi connectivity index (χ0) is 13.2. The summed E-state index contributed by atoms with van der Waals surface area (Å²) < 4.78 is 22.5. The van der Waals surface area contributed by atoms with Crippen molar-refractivity contribution in [2.24, 2.45) is 0 Å². The molecule has 2 amide bonds. The maximum absolute atomic E-state index is 11.4. The molecule has 1 aliphatic rings. The van der Waals surface area contributed by atoms with Crippen LogP contribution in [-0.4, -0.2) is 36.5 Å². The summed E-state index contributed by atoms with van der Waals surface area (Å²) in [5, 5.41) is -0.592. The van der Waals surface area contributed by atoms with Gasteiger partial charge in [0.1, 0.15) is 0 Å². The monoisotopic (exact) mass is 261 g/mol. The second-order valence-electron chi connectivity index (χ2n) is 3.39. The van der Waals surface area contributed by atoms with Crippen LogP contribution in [0.25, 0.3) is 0 Å². The van der Waals surface area contributed by atoms with E-state index in [1.807, 2.05) is 0 Å². The first kappa shape index (κ1) is 13.4. The summed E-state index contributed by atoms with van der Waals surface area (Å²) in [4.78, 5) is 38.1. The van der Waals surface area contributed by atoms with E-state index in [2.05, 4.69) is 11.4 Å². The molecule has 8 heteroatoms. The van der Waals surface area contributed by atoms with E-state index in [1.54, 1.807) is 0 Å². The third-order valence-electron chi connectivity index (χ3n) is 2.24. The average Bonchev–Trinajstić information content (AvgIpc) is 2.59. The zero-order valence-corrected chi connectivity index (χ0v) is 9.90. The first-order chi connectivity index (χ1) is 7.79. The quantitative estimate of drug-likeness (QED) is 0.635. The van der Waals surface area contributed by atoms with Crippen LogP contribution >= 0.6 is 0 Å². The molecular weight excluding hydrogens is 250 g/mol. The van der Waals surface area contributed by atoms with Crippen LogP contribution in [0.15, 0.2) is 12.0 Å².